The summed E-state index contributed by atoms with van der Waals surface area (Å²) in [4.78, 5) is 0. The highest BCUT2D eigenvalue weighted by atomic mass is 16.6. The van der Waals surface area contributed by atoms with Gasteiger partial charge in [0, 0.05) is 13.0 Å². The molecule has 0 aromatic rings. The second-order valence-electron chi connectivity index (χ2n) is 2.99. The van der Waals surface area contributed by atoms with E-state index in [0.29, 0.717) is 6.61 Å². The second kappa shape index (κ2) is 10.4. The van der Waals surface area contributed by atoms with E-state index in [9.17, 15) is 0 Å². The summed E-state index contributed by atoms with van der Waals surface area (Å²) in [7, 11) is 0. The zero-order chi connectivity index (χ0) is 10.6. The molecule has 82 valence electrons. The lowest BCUT2D eigenvalue weighted by molar-refractivity contribution is -0.0988. The van der Waals surface area contributed by atoms with Gasteiger partial charge in [-0.3, -0.25) is 0 Å². The van der Waals surface area contributed by atoms with Gasteiger partial charge in [-0.15, -0.1) is 6.58 Å². The number of rotatable bonds is 9. The van der Waals surface area contributed by atoms with Crippen molar-refractivity contribution in [2.45, 2.75) is 32.0 Å². The van der Waals surface area contributed by atoms with Crippen LogP contribution in [0.4, 0.5) is 0 Å². The Balaban J connectivity index is 3.21. The Bertz CT molecular complexity index is 155. The third-order valence-corrected chi connectivity index (χ3v) is 1.71. The summed E-state index contributed by atoms with van der Waals surface area (Å²) in [6.07, 6.45) is 8.35. The van der Waals surface area contributed by atoms with Crippen LogP contribution in [0.3, 0.4) is 0 Å². The van der Waals surface area contributed by atoms with Gasteiger partial charge in [0.2, 0.25) is 0 Å². The quantitative estimate of drug-likeness (QED) is 0.338. The average Bonchev–Trinajstić information content (AvgIpc) is 2.17. The van der Waals surface area contributed by atoms with Crippen molar-refractivity contribution in [1.29, 1.82) is 0 Å². The van der Waals surface area contributed by atoms with Gasteiger partial charge >= 0.3 is 0 Å². The predicted molar refractivity (Wildman–Crippen MR) is 56.8 cm³/mol. The van der Waals surface area contributed by atoms with E-state index < -0.39 is 6.29 Å². The van der Waals surface area contributed by atoms with E-state index in [-0.39, 0.29) is 13.0 Å². The lowest BCUT2D eigenvalue weighted by atomic mass is 10.2. The standard InChI is InChI=1S/C11H20O3/c1-2-3-4-5-6-7-10-14-11(13)8-9-12/h2,6-7,11-13H,1,3-5,8-10H2. The van der Waals surface area contributed by atoms with Crippen molar-refractivity contribution >= 4 is 0 Å². The van der Waals surface area contributed by atoms with Gasteiger partial charge in [0.15, 0.2) is 6.29 Å². The minimum absolute atomic E-state index is 0.0514. The fraction of sp³-hybridized carbons (Fsp3) is 0.636. The Kier molecular flexibility index (Phi) is 9.96. The van der Waals surface area contributed by atoms with E-state index in [1.165, 1.54) is 0 Å². The van der Waals surface area contributed by atoms with Gasteiger partial charge in [-0.1, -0.05) is 18.2 Å². The summed E-state index contributed by atoms with van der Waals surface area (Å²) < 4.78 is 4.98. The maximum atomic E-state index is 9.06. The summed E-state index contributed by atoms with van der Waals surface area (Å²) in [6.45, 7) is 3.98. The molecule has 0 aliphatic heterocycles. The molecule has 14 heavy (non-hydrogen) atoms. The first-order valence-corrected chi connectivity index (χ1v) is 4.97. The Morgan fingerprint density at radius 1 is 1.29 bits per heavy atom. The van der Waals surface area contributed by atoms with Gasteiger partial charge < -0.3 is 14.9 Å². The van der Waals surface area contributed by atoms with Crippen LogP contribution in [0, 0.1) is 0 Å². The number of hydrogen-bond donors (Lipinski definition) is 2. The monoisotopic (exact) mass is 200 g/mol. The van der Waals surface area contributed by atoms with Gasteiger partial charge in [-0.2, -0.15) is 0 Å². The smallest absolute Gasteiger partial charge is 0.157 e. The van der Waals surface area contributed by atoms with E-state index in [2.05, 4.69) is 6.58 Å². The lowest BCUT2D eigenvalue weighted by Crippen LogP contribution is -2.13. The zero-order valence-electron chi connectivity index (χ0n) is 8.56. The first-order chi connectivity index (χ1) is 6.81. The minimum atomic E-state index is -0.849. The molecule has 0 rings (SSSR count). The predicted octanol–water partition coefficient (Wildman–Crippen LogP) is 1.62. The molecule has 1 atom stereocenters. The largest absolute Gasteiger partial charge is 0.396 e. The van der Waals surface area contributed by atoms with Crippen LogP contribution >= 0.6 is 0 Å². The van der Waals surface area contributed by atoms with Crippen molar-refractivity contribution in [3.63, 3.8) is 0 Å². The molecule has 0 aromatic heterocycles. The number of unbranched alkanes of at least 4 members (excludes halogenated alkanes) is 2. The molecule has 2 N–H and O–H groups in total. The van der Waals surface area contributed by atoms with Crippen LogP contribution in [0.5, 0.6) is 0 Å². The molecular weight excluding hydrogens is 180 g/mol. The Morgan fingerprint density at radius 2 is 2.07 bits per heavy atom. The highest BCUT2D eigenvalue weighted by Crippen LogP contribution is 1.97. The van der Waals surface area contributed by atoms with Crippen LogP contribution in [0.15, 0.2) is 24.8 Å². The number of hydrogen-bond acceptors (Lipinski definition) is 3. The van der Waals surface area contributed by atoms with Crippen LogP contribution in [-0.2, 0) is 4.74 Å². The van der Waals surface area contributed by atoms with Gasteiger partial charge in [0.1, 0.15) is 0 Å². The molecule has 0 aromatic carbocycles. The maximum Gasteiger partial charge on any atom is 0.157 e. The fourth-order valence-corrected chi connectivity index (χ4v) is 0.926. The molecule has 0 saturated heterocycles. The molecule has 0 spiro atoms. The van der Waals surface area contributed by atoms with E-state index in [1.54, 1.807) is 0 Å². The SMILES string of the molecule is C=CCCCC=CCOC(O)CCO. The summed E-state index contributed by atoms with van der Waals surface area (Å²) in [5.41, 5.74) is 0. The van der Waals surface area contributed by atoms with Crippen LogP contribution in [-0.4, -0.2) is 29.7 Å². The molecule has 0 fully saturated rings. The summed E-state index contributed by atoms with van der Waals surface area (Å²) in [5.74, 6) is 0. The molecular formula is C11H20O3. The molecule has 1 unspecified atom stereocenters. The molecule has 0 aliphatic carbocycles. The fourth-order valence-electron chi connectivity index (χ4n) is 0.926. The van der Waals surface area contributed by atoms with Crippen molar-refractivity contribution in [3.8, 4) is 0 Å². The first-order valence-electron chi connectivity index (χ1n) is 4.97. The van der Waals surface area contributed by atoms with Crippen LogP contribution in [0.1, 0.15) is 25.7 Å². The Morgan fingerprint density at radius 3 is 2.71 bits per heavy atom. The van der Waals surface area contributed by atoms with Crippen molar-refractivity contribution in [2.75, 3.05) is 13.2 Å². The third kappa shape index (κ3) is 9.45. The van der Waals surface area contributed by atoms with Crippen LogP contribution in [0.25, 0.3) is 0 Å². The number of aliphatic hydroxyl groups is 2. The van der Waals surface area contributed by atoms with Crippen molar-refractivity contribution < 1.29 is 14.9 Å². The molecule has 3 heteroatoms. The van der Waals surface area contributed by atoms with Crippen LogP contribution in [0.2, 0.25) is 0 Å². The molecule has 0 heterocycles. The van der Waals surface area contributed by atoms with Gasteiger partial charge in [0.05, 0.1) is 6.61 Å². The first kappa shape index (κ1) is 13.4. The lowest BCUT2D eigenvalue weighted by Gasteiger charge is -2.07. The van der Waals surface area contributed by atoms with Gasteiger partial charge in [0.25, 0.3) is 0 Å². The highest BCUT2D eigenvalue weighted by Gasteiger charge is 1.99. The zero-order valence-corrected chi connectivity index (χ0v) is 8.56. The van der Waals surface area contributed by atoms with E-state index in [0.717, 1.165) is 19.3 Å². The molecule has 3 nitrogen and oxygen atoms in total. The molecule has 0 radical (unpaired) electrons. The Hall–Kier alpha value is -0.640. The number of ether oxygens (including phenoxy) is 1. The van der Waals surface area contributed by atoms with E-state index in [1.807, 2.05) is 18.2 Å². The molecule has 0 bridgehead atoms. The highest BCUT2D eigenvalue weighted by molar-refractivity contribution is 4.82. The van der Waals surface area contributed by atoms with Crippen molar-refractivity contribution in [2.24, 2.45) is 0 Å². The topological polar surface area (TPSA) is 49.7 Å². The van der Waals surface area contributed by atoms with Crippen molar-refractivity contribution in [3.05, 3.63) is 24.8 Å². The average molecular weight is 200 g/mol. The molecule has 0 aliphatic rings. The normalized spacial score (nSPS) is 13.3. The van der Waals surface area contributed by atoms with Crippen LogP contribution < -0.4 is 0 Å². The summed E-state index contributed by atoms with van der Waals surface area (Å²) >= 11 is 0. The summed E-state index contributed by atoms with van der Waals surface area (Å²) in [6, 6.07) is 0. The maximum absolute atomic E-state index is 9.06. The van der Waals surface area contributed by atoms with Crippen molar-refractivity contribution in [1.82, 2.24) is 0 Å². The van der Waals surface area contributed by atoms with Gasteiger partial charge in [-0.25, -0.2) is 0 Å². The minimum Gasteiger partial charge on any atom is -0.396 e. The van der Waals surface area contributed by atoms with Gasteiger partial charge in [-0.05, 0) is 19.3 Å². The summed E-state index contributed by atoms with van der Waals surface area (Å²) in [5, 5.41) is 17.5. The van der Waals surface area contributed by atoms with E-state index in [4.69, 9.17) is 14.9 Å². The number of allylic oxidation sites excluding steroid dienone is 2. The number of aliphatic hydroxyl groups excluding tert-OH is 2. The molecule has 0 saturated carbocycles. The molecule has 0 amide bonds. The Labute approximate surface area is 85.7 Å². The third-order valence-electron chi connectivity index (χ3n) is 1.71. The van der Waals surface area contributed by atoms with E-state index >= 15 is 0 Å². The second-order valence-corrected chi connectivity index (χ2v) is 2.99.